The Morgan fingerprint density at radius 1 is 1.24 bits per heavy atom. The van der Waals surface area contributed by atoms with E-state index in [-0.39, 0.29) is 10.8 Å². The lowest BCUT2D eigenvalue weighted by molar-refractivity contribution is -0.0870. The summed E-state index contributed by atoms with van der Waals surface area (Å²) in [5, 5.41) is 9.47. The molecule has 1 heterocycles. The molecular formula is C15H17NO. The van der Waals surface area contributed by atoms with Gasteiger partial charge in [0.15, 0.2) is 0 Å². The van der Waals surface area contributed by atoms with Gasteiger partial charge in [0.2, 0.25) is 0 Å². The van der Waals surface area contributed by atoms with Gasteiger partial charge in [-0.2, -0.15) is 5.26 Å². The summed E-state index contributed by atoms with van der Waals surface area (Å²) in [5.74, 6) is 0. The fourth-order valence-corrected chi connectivity index (χ4v) is 3.07. The summed E-state index contributed by atoms with van der Waals surface area (Å²) in [6.07, 6.45) is 2.06. The Morgan fingerprint density at radius 2 is 1.94 bits per heavy atom. The summed E-state index contributed by atoms with van der Waals surface area (Å²) in [6, 6.07) is 9.11. The van der Waals surface area contributed by atoms with Crippen molar-refractivity contribution in [2.75, 3.05) is 13.2 Å². The number of aryl methyl sites for hydroxylation is 2. The molecule has 2 nitrogen and oxygen atoms in total. The molecule has 88 valence electrons. The summed E-state index contributed by atoms with van der Waals surface area (Å²) in [7, 11) is 0. The van der Waals surface area contributed by atoms with Crippen LogP contribution in [0.5, 0.6) is 0 Å². The molecule has 1 aliphatic heterocycles. The monoisotopic (exact) mass is 227 g/mol. The highest BCUT2D eigenvalue weighted by molar-refractivity contribution is 5.44. The van der Waals surface area contributed by atoms with Gasteiger partial charge in [-0.25, -0.2) is 0 Å². The van der Waals surface area contributed by atoms with Crippen LogP contribution in [-0.4, -0.2) is 13.2 Å². The summed E-state index contributed by atoms with van der Waals surface area (Å²) in [4.78, 5) is 0. The molecule has 2 heteroatoms. The standard InChI is InChI=1S/C15H17NO/c1-11-3-4-12(2)13(7-11)15(9-17-10-15)14(8-16)5-6-14/h3-4,7H,5-6,9-10H2,1-2H3. The van der Waals surface area contributed by atoms with Crippen LogP contribution < -0.4 is 0 Å². The molecule has 17 heavy (non-hydrogen) atoms. The van der Waals surface area contributed by atoms with Crippen LogP contribution in [0.25, 0.3) is 0 Å². The summed E-state index contributed by atoms with van der Waals surface area (Å²) >= 11 is 0. The van der Waals surface area contributed by atoms with E-state index in [9.17, 15) is 5.26 Å². The Morgan fingerprint density at radius 3 is 2.41 bits per heavy atom. The molecule has 1 aromatic rings. The molecule has 0 atom stereocenters. The lowest BCUT2D eigenvalue weighted by Crippen LogP contribution is -2.53. The van der Waals surface area contributed by atoms with Crippen LogP contribution in [0, 0.1) is 30.6 Å². The largest absolute Gasteiger partial charge is 0.379 e. The van der Waals surface area contributed by atoms with Crippen molar-refractivity contribution >= 4 is 0 Å². The lowest BCUT2D eigenvalue weighted by atomic mass is 9.65. The van der Waals surface area contributed by atoms with Crippen molar-refractivity contribution in [3.63, 3.8) is 0 Å². The van der Waals surface area contributed by atoms with Gasteiger partial charge in [-0.15, -0.1) is 0 Å². The third-order valence-corrected chi connectivity index (χ3v) is 4.49. The highest BCUT2D eigenvalue weighted by Crippen LogP contribution is 2.62. The highest BCUT2D eigenvalue weighted by Gasteiger charge is 2.64. The van der Waals surface area contributed by atoms with Crippen LogP contribution in [0.1, 0.15) is 29.5 Å². The third kappa shape index (κ3) is 1.29. The van der Waals surface area contributed by atoms with Crippen LogP contribution >= 0.6 is 0 Å². The SMILES string of the molecule is Cc1ccc(C)c(C2(C3(C#N)CC3)COC2)c1. The van der Waals surface area contributed by atoms with Gasteiger partial charge in [0.1, 0.15) is 0 Å². The maximum atomic E-state index is 9.47. The topological polar surface area (TPSA) is 33.0 Å². The second-order valence-electron chi connectivity index (χ2n) is 5.59. The van der Waals surface area contributed by atoms with Crippen molar-refractivity contribution < 1.29 is 4.74 Å². The minimum absolute atomic E-state index is 0.0299. The fourth-order valence-electron chi connectivity index (χ4n) is 3.07. The van der Waals surface area contributed by atoms with E-state index in [0.717, 1.165) is 12.8 Å². The molecule has 0 N–H and O–H groups in total. The van der Waals surface area contributed by atoms with Gasteiger partial charge in [-0.3, -0.25) is 0 Å². The fraction of sp³-hybridized carbons (Fsp3) is 0.533. The van der Waals surface area contributed by atoms with Crippen LogP contribution in [0.15, 0.2) is 18.2 Å². The number of ether oxygens (including phenoxy) is 1. The minimum atomic E-state index is -0.149. The summed E-state index contributed by atoms with van der Waals surface area (Å²) < 4.78 is 5.46. The zero-order valence-corrected chi connectivity index (χ0v) is 10.4. The number of hydrogen-bond donors (Lipinski definition) is 0. The number of nitrogens with zero attached hydrogens (tertiary/aromatic N) is 1. The number of nitriles is 1. The molecule has 2 aliphatic rings. The maximum absolute atomic E-state index is 9.47. The zero-order valence-electron chi connectivity index (χ0n) is 10.4. The second-order valence-corrected chi connectivity index (χ2v) is 5.59. The average molecular weight is 227 g/mol. The van der Waals surface area contributed by atoms with Crippen LogP contribution in [0.2, 0.25) is 0 Å². The average Bonchev–Trinajstić information content (AvgIpc) is 3.03. The van der Waals surface area contributed by atoms with Gasteiger partial charge >= 0.3 is 0 Å². The lowest BCUT2D eigenvalue weighted by Gasteiger charge is -2.46. The molecule has 0 aromatic heterocycles. The van der Waals surface area contributed by atoms with E-state index in [2.05, 4.69) is 38.1 Å². The van der Waals surface area contributed by atoms with E-state index < -0.39 is 0 Å². The third-order valence-electron chi connectivity index (χ3n) is 4.49. The molecule has 1 saturated heterocycles. The minimum Gasteiger partial charge on any atom is -0.379 e. The molecule has 1 aromatic carbocycles. The zero-order chi connectivity index (χ0) is 12.1. The summed E-state index contributed by atoms with van der Waals surface area (Å²) in [6.45, 7) is 5.68. The van der Waals surface area contributed by atoms with Crippen LogP contribution in [0.4, 0.5) is 0 Å². The first-order valence-corrected chi connectivity index (χ1v) is 6.20. The maximum Gasteiger partial charge on any atom is 0.0716 e. The smallest absolute Gasteiger partial charge is 0.0716 e. The van der Waals surface area contributed by atoms with E-state index in [1.54, 1.807) is 0 Å². The van der Waals surface area contributed by atoms with Gasteiger partial charge in [0.25, 0.3) is 0 Å². The van der Waals surface area contributed by atoms with E-state index >= 15 is 0 Å². The van der Waals surface area contributed by atoms with Gasteiger partial charge < -0.3 is 4.74 Å². The molecular weight excluding hydrogens is 210 g/mol. The van der Waals surface area contributed by atoms with E-state index in [1.807, 2.05) is 0 Å². The molecule has 2 fully saturated rings. The predicted molar refractivity (Wildman–Crippen MR) is 65.7 cm³/mol. The second kappa shape index (κ2) is 3.34. The first kappa shape index (κ1) is 10.8. The van der Waals surface area contributed by atoms with Gasteiger partial charge in [0, 0.05) is 0 Å². The first-order chi connectivity index (χ1) is 8.13. The summed E-state index contributed by atoms with van der Waals surface area (Å²) in [5.41, 5.74) is 3.72. The normalized spacial score (nSPS) is 23.6. The van der Waals surface area contributed by atoms with E-state index in [4.69, 9.17) is 4.74 Å². The Kier molecular flexibility index (Phi) is 2.12. The Hall–Kier alpha value is -1.33. The van der Waals surface area contributed by atoms with Crippen LogP contribution in [0.3, 0.4) is 0 Å². The van der Waals surface area contributed by atoms with Gasteiger partial charge in [-0.05, 0) is 37.8 Å². The molecule has 1 aliphatic carbocycles. The van der Waals surface area contributed by atoms with E-state index in [1.165, 1.54) is 16.7 Å². The molecule has 3 rings (SSSR count). The van der Waals surface area contributed by atoms with Crippen molar-refractivity contribution in [1.82, 2.24) is 0 Å². The quantitative estimate of drug-likeness (QED) is 0.778. The Balaban J connectivity index is 2.13. The Bertz CT molecular complexity index is 504. The molecule has 1 saturated carbocycles. The Labute approximate surface area is 102 Å². The van der Waals surface area contributed by atoms with Gasteiger partial charge in [0.05, 0.1) is 30.1 Å². The molecule has 0 radical (unpaired) electrons. The molecule has 0 unspecified atom stereocenters. The van der Waals surface area contributed by atoms with Crippen molar-refractivity contribution in [2.45, 2.75) is 32.1 Å². The van der Waals surface area contributed by atoms with Crippen molar-refractivity contribution in [3.8, 4) is 6.07 Å². The first-order valence-electron chi connectivity index (χ1n) is 6.20. The molecule has 0 amide bonds. The molecule has 0 bridgehead atoms. The highest BCUT2D eigenvalue weighted by atomic mass is 16.5. The van der Waals surface area contributed by atoms with Crippen molar-refractivity contribution in [2.24, 2.45) is 5.41 Å². The van der Waals surface area contributed by atoms with Crippen LogP contribution in [-0.2, 0) is 10.2 Å². The predicted octanol–water partition coefficient (Wildman–Crippen LogP) is 2.88. The number of hydrogen-bond acceptors (Lipinski definition) is 2. The molecule has 0 spiro atoms. The number of rotatable bonds is 2. The number of benzene rings is 1. The van der Waals surface area contributed by atoms with E-state index in [0.29, 0.717) is 13.2 Å². The van der Waals surface area contributed by atoms with Crippen molar-refractivity contribution in [3.05, 3.63) is 34.9 Å². The van der Waals surface area contributed by atoms with Gasteiger partial charge in [-0.1, -0.05) is 23.8 Å². The van der Waals surface area contributed by atoms with Crippen molar-refractivity contribution in [1.29, 1.82) is 5.26 Å².